The van der Waals surface area contributed by atoms with Gasteiger partial charge in [-0.2, -0.15) is 0 Å². The Balaban J connectivity index is 1.72. The minimum absolute atomic E-state index is 0.134. The standard InChI is InChI=1S/C17H19F2N3O/c1-11-7-16(23)21-17(20-11)13-3-2-6-22(10-13)9-12-4-5-14(18)15(19)8-12/h4-5,7-8,13H,2-3,6,9-10H2,1H3,(H,20,21,23). The number of nitrogens with zero attached hydrogens (tertiary/aromatic N) is 2. The molecule has 1 atom stereocenters. The molecule has 0 radical (unpaired) electrons. The van der Waals surface area contributed by atoms with Gasteiger partial charge in [0.2, 0.25) is 0 Å². The van der Waals surface area contributed by atoms with Crippen LogP contribution < -0.4 is 5.56 Å². The number of rotatable bonds is 3. The number of nitrogens with one attached hydrogen (secondary N) is 1. The van der Waals surface area contributed by atoms with Gasteiger partial charge in [0.1, 0.15) is 5.82 Å². The minimum atomic E-state index is -0.827. The summed E-state index contributed by atoms with van der Waals surface area (Å²) in [6.45, 7) is 4.00. The van der Waals surface area contributed by atoms with Crippen LogP contribution in [0.4, 0.5) is 8.78 Å². The van der Waals surface area contributed by atoms with Crippen molar-refractivity contribution >= 4 is 0 Å². The zero-order valence-corrected chi connectivity index (χ0v) is 13.0. The topological polar surface area (TPSA) is 49.0 Å². The highest BCUT2D eigenvalue weighted by Gasteiger charge is 2.23. The number of aromatic amines is 1. The molecule has 6 heteroatoms. The molecule has 1 aliphatic heterocycles. The van der Waals surface area contributed by atoms with Gasteiger partial charge >= 0.3 is 0 Å². The van der Waals surface area contributed by atoms with Crippen LogP contribution in [0.2, 0.25) is 0 Å². The number of piperidine rings is 1. The van der Waals surface area contributed by atoms with Gasteiger partial charge in [-0.25, -0.2) is 13.8 Å². The maximum atomic E-state index is 13.3. The van der Waals surface area contributed by atoms with E-state index in [-0.39, 0.29) is 11.5 Å². The molecule has 2 aromatic rings. The van der Waals surface area contributed by atoms with Gasteiger partial charge in [0, 0.05) is 30.8 Å². The van der Waals surface area contributed by atoms with E-state index in [1.165, 1.54) is 12.1 Å². The van der Waals surface area contributed by atoms with Gasteiger partial charge in [0.15, 0.2) is 11.6 Å². The van der Waals surface area contributed by atoms with E-state index in [1.54, 1.807) is 13.0 Å². The van der Waals surface area contributed by atoms with Crippen LogP contribution in [-0.4, -0.2) is 28.0 Å². The molecule has 4 nitrogen and oxygen atoms in total. The van der Waals surface area contributed by atoms with Crippen LogP contribution in [-0.2, 0) is 6.54 Å². The Morgan fingerprint density at radius 3 is 2.87 bits per heavy atom. The molecule has 0 amide bonds. The smallest absolute Gasteiger partial charge is 0.251 e. The van der Waals surface area contributed by atoms with Crippen molar-refractivity contribution in [2.75, 3.05) is 13.1 Å². The van der Waals surface area contributed by atoms with Gasteiger partial charge in [-0.15, -0.1) is 0 Å². The van der Waals surface area contributed by atoms with Crippen molar-refractivity contribution in [3.05, 3.63) is 63.3 Å². The molecule has 1 saturated heterocycles. The summed E-state index contributed by atoms with van der Waals surface area (Å²) in [5.74, 6) is -0.779. The summed E-state index contributed by atoms with van der Waals surface area (Å²) in [4.78, 5) is 21.0. The molecule has 0 saturated carbocycles. The number of hydrogen-bond donors (Lipinski definition) is 1. The molecule has 1 unspecified atom stereocenters. The molecule has 3 rings (SSSR count). The third-order valence-electron chi connectivity index (χ3n) is 4.17. The number of H-pyrrole nitrogens is 1. The molecule has 122 valence electrons. The predicted molar refractivity (Wildman–Crippen MR) is 83.2 cm³/mol. The summed E-state index contributed by atoms with van der Waals surface area (Å²) < 4.78 is 26.3. The van der Waals surface area contributed by atoms with Crippen LogP contribution in [0.15, 0.2) is 29.1 Å². The lowest BCUT2D eigenvalue weighted by atomic mass is 9.96. The van der Waals surface area contributed by atoms with E-state index in [0.29, 0.717) is 18.1 Å². The van der Waals surface area contributed by atoms with Gasteiger partial charge in [0.05, 0.1) is 0 Å². The number of halogens is 2. The third kappa shape index (κ3) is 3.82. The summed E-state index contributed by atoms with van der Waals surface area (Å²) in [5, 5.41) is 0. The highest BCUT2D eigenvalue weighted by atomic mass is 19.2. The van der Waals surface area contributed by atoms with Crippen LogP contribution in [0.5, 0.6) is 0 Å². The second kappa shape index (κ2) is 6.58. The van der Waals surface area contributed by atoms with Gasteiger partial charge in [0.25, 0.3) is 5.56 Å². The zero-order chi connectivity index (χ0) is 16.4. The first-order chi connectivity index (χ1) is 11.0. The van der Waals surface area contributed by atoms with Crippen LogP contribution >= 0.6 is 0 Å². The molecule has 2 heterocycles. The molecule has 23 heavy (non-hydrogen) atoms. The lowest BCUT2D eigenvalue weighted by Crippen LogP contribution is -2.35. The lowest BCUT2D eigenvalue weighted by Gasteiger charge is -2.32. The highest BCUT2D eigenvalue weighted by Crippen LogP contribution is 2.25. The average molecular weight is 319 g/mol. The minimum Gasteiger partial charge on any atom is -0.310 e. The van der Waals surface area contributed by atoms with Crippen LogP contribution in [0, 0.1) is 18.6 Å². The quantitative estimate of drug-likeness (QED) is 0.946. The number of aromatic nitrogens is 2. The molecule has 0 aliphatic carbocycles. The number of benzene rings is 1. The number of aryl methyl sites for hydroxylation is 1. The van der Waals surface area contributed by atoms with Crippen LogP contribution in [0.25, 0.3) is 0 Å². The molecule has 1 aliphatic rings. The molecule has 0 bridgehead atoms. The molecule has 1 fully saturated rings. The Morgan fingerprint density at radius 1 is 1.30 bits per heavy atom. The first-order valence-corrected chi connectivity index (χ1v) is 7.75. The van der Waals surface area contributed by atoms with Crippen molar-refractivity contribution < 1.29 is 8.78 Å². The first kappa shape index (κ1) is 15.8. The van der Waals surface area contributed by atoms with Gasteiger partial charge in [-0.05, 0) is 44.0 Å². The van der Waals surface area contributed by atoms with Crippen molar-refractivity contribution in [1.29, 1.82) is 0 Å². The molecular formula is C17H19F2N3O. The van der Waals surface area contributed by atoms with Crippen molar-refractivity contribution in [3.8, 4) is 0 Å². The van der Waals surface area contributed by atoms with E-state index in [1.807, 2.05) is 0 Å². The normalized spacial score (nSPS) is 19.0. The van der Waals surface area contributed by atoms with Gasteiger partial charge in [-0.3, -0.25) is 9.69 Å². The van der Waals surface area contributed by atoms with E-state index < -0.39 is 11.6 Å². The second-order valence-electron chi connectivity index (χ2n) is 6.09. The Labute approximate surface area is 133 Å². The summed E-state index contributed by atoms with van der Waals surface area (Å²) in [7, 11) is 0. The summed E-state index contributed by atoms with van der Waals surface area (Å²) in [5.41, 5.74) is 1.32. The Hall–Kier alpha value is -2.08. The average Bonchev–Trinajstić information content (AvgIpc) is 2.50. The lowest BCUT2D eigenvalue weighted by molar-refractivity contribution is 0.196. The molecule has 1 aromatic carbocycles. The fraction of sp³-hybridized carbons (Fsp3) is 0.412. The zero-order valence-electron chi connectivity index (χ0n) is 13.0. The molecular weight excluding hydrogens is 300 g/mol. The largest absolute Gasteiger partial charge is 0.310 e. The van der Waals surface area contributed by atoms with E-state index >= 15 is 0 Å². The number of hydrogen-bond acceptors (Lipinski definition) is 3. The second-order valence-corrected chi connectivity index (χ2v) is 6.09. The van der Waals surface area contributed by atoms with Gasteiger partial charge in [-0.1, -0.05) is 6.07 Å². The van der Waals surface area contributed by atoms with Crippen molar-refractivity contribution in [3.63, 3.8) is 0 Å². The van der Waals surface area contributed by atoms with E-state index in [9.17, 15) is 13.6 Å². The predicted octanol–water partition coefficient (Wildman–Crippen LogP) is 2.74. The van der Waals surface area contributed by atoms with Crippen molar-refractivity contribution in [2.24, 2.45) is 0 Å². The van der Waals surface area contributed by atoms with Crippen molar-refractivity contribution in [2.45, 2.75) is 32.2 Å². The first-order valence-electron chi connectivity index (χ1n) is 7.75. The van der Waals surface area contributed by atoms with Crippen LogP contribution in [0.3, 0.4) is 0 Å². The SMILES string of the molecule is Cc1cc(=O)[nH]c(C2CCCN(Cc3ccc(F)c(F)c3)C2)n1. The van der Waals surface area contributed by atoms with E-state index in [4.69, 9.17) is 0 Å². The Morgan fingerprint density at radius 2 is 2.13 bits per heavy atom. The fourth-order valence-corrected chi connectivity index (χ4v) is 3.11. The molecule has 1 N–H and O–H groups in total. The fourth-order valence-electron chi connectivity index (χ4n) is 3.11. The van der Waals surface area contributed by atoms with Crippen LogP contribution in [0.1, 0.15) is 35.8 Å². The summed E-state index contributed by atoms with van der Waals surface area (Å²) >= 11 is 0. The molecule has 1 aromatic heterocycles. The Bertz CT molecular complexity index is 760. The Kier molecular flexibility index (Phi) is 4.52. The van der Waals surface area contributed by atoms with Gasteiger partial charge < -0.3 is 4.98 Å². The monoisotopic (exact) mass is 319 g/mol. The highest BCUT2D eigenvalue weighted by molar-refractivity contribution is 5.18. The summed E-state index contributed by atoms with van der Waals surface area (Å²) in [6, 6.07) is 5.48. The summed E-state index contributed by atoms with van der Waals surface area (Å²) in [6.07, 6.45) is 1.94. The maximum absolute atomic E-state index is 13.3. The maximum Gasteiger partial charge on any atom is 0.251 e. The van der Waals surface area contributed by atoms with E-state index in [2.05, 4.69) is 14.9 Å². The third-order valence-corrected chi connectivity index (χ3v) is 4.17. The van der Waals surface area contributed by atoms with Crippen molar-refractivity contribution in [1.82, 2.24) is 14.9 Å². The molecule has 0 spiro atoms. The van der Waals surface area contributed by atoms with E-state index in [0.717, 1.165) is 37.6 Å². The number of likely N-dealkylation sites (tertiary alicyclic amines) is 1.